The maximum absolute atomic E-state index is 11.5. The van der Waals surface area contributed by atoms with Crippen molar-refractivity contribution in [2.24, 2.45) is 0 Å². The Balaban J connectivity index is 2.32. The first-order valence-electron chi connectivity index (χ1n) is 6.61. The number of nitrogens with zero attached hydrogens (tertiary/aromatic N) is 3. The van der Waals surface area contributed by atoms with E-state index in [1.807, 2.05) is 60.9 Å². The van der Waals surface area contributed by atoms with E-state index < -0.39 is 5.97 Å². The number of carboxylic acid groups (broad SMARTS) is 1. The Morgan fingerprint density at radius 3 is 2.24 bits per heavy atom. The number of aromatic nitrogens is 3. The number of rotatable bonds is 3. The van der Waals surface area contributed by atoms with Gasteiger partial charge >= 0.3 is 5.97 Å². The molecule has 0 saturated carbocycles. The highest BCUT2D eigenvalue weighted by atomic mass is 16.4. The zero-order valence-corrected chi connectivity index (χ0v) is 11.8. The molecular weight excluding hydrogens is 266 g/mol. The molecule has 5 nitrogen and oxygen atoms in total. The fourth-order valence-electron chi connectivity index (χ4n) is 2.47. The Labute approximate surface area is 122 Å². The van der Waals surface area contributed by atoms with Crippen LogP contribution in [0.2, 0.25) is 0 Å². The van der Waals surface area contributed by atoms with Crippen LogP contribution >= 0.6 is 0 Å². The third-order valence-corrected chi connectivity index (χ3v) is 3.46. The van der Waals surface area contributed by atoms with Gasteiger partial charge in [-0.25, -0.2) is 9.48 Å². The Bertz CT molecular complexity index is 781. The molecule has 0 fully saturated rings. The first-order chi connectivity index (χ1) is 10.1. The summed E-state index contributed by atoms with van der Waals surface area (Å²) in [5.41, 5.74) is 2.94. The Morgan fingerprint density at radius 1 is 1.05 bits per heavy atom. The number of carboxylic acids is 1. The number of para-hydroxylation sites is 1. The van der Waals surface area contributed by atoms with Crippen LogP contribution in [0.1, 0.15) is 21.7 Å². The first-order valence-corrected chi connectivity index (χ1v) is 6.61. The predicted octanol–water partition coefficient (Wildman–Crippen LogP) is 2.98. The first kappa shape index (κ1) is 13.2. The Hall–Kier alpha value is -2.82. The number of benzene rings is 1. The van der Waals surface area contributed by atoms with E-state index >= 15 is 0 Å². The van der Waals surface area contributed by atoms with E-state index in [2.05, 4.69) is 5.10 Å². The zero-order valence-electron chi connectivity index (χ0n) is 11.8. The topological polar surface area (TPSA) is 60.1 Å². The molecule has 3 rings (SSSR count). The SMILES string of the molecule is Cc1ccc(C)n1-c1c(C(=O)O)cnn1-c1ccccc1. The fraction of sp³-hybridized carbons (Fsp3) is 0.125. The van der Waals surface area contributed by atoms with Crippen molar-refractivity contribution < 1.29 is 9.90 Å². The third-order valence-electron chi connectivity index (χ3n) is 3.46. The molecule has 106 valence electrons. The van der Waals surface area contributed by atoms with Gasteiger partial charge in [0.1, 0.15) is 5.56 Å². The average Bonchev–Trinajstić information content (AvgIpc) is 3.03. The molecule has 0 saturated heterocycles. The molecule has 1 N–H and O–H groups in total. The van der Waals surface area contributed by atoms with Gasteiger partial charge in [0.15, 0.2) is 5.82 Å². The Morgan fingerprint density at radius 2 is 1.67 bits per heavy atom. The van der Waals surface area contributed by atoms with Crippen molar-refractivity contribution >= 4 is 5.97 Å². The minimum absolute atomic E-state index is 0.182. The zero-order chi connectivity index (χ0) is 15.0. The van der Waals surface area contributed by atoms with Crippen LogP contribution in [0, 0.1) is 13.8 Å². The van der Waals surface area contributed by atoms with Gasteiger partial charge in [-0.05, 0) is 38.1 Å². The summed E-state index contributed by atoms with van der Waals surface area (Å²) in [5.74, 6) is -0.437. The van der Waals surface area contributed by atoms with E-state index in [9.17, 15) is 9.90 Å². The van der Waals surface area contributed by atoms with Crippen molar-refractivity contribution in [3.8, 4) is 11.5 Å². The fourth-order valence-corrected chi connectivity index (χ4v) is 2.47. The van der Waals surface area contributed by atoms with Gasteiger partial charge in [-0.3, -0.25) is 0 Å². The van der Waals surface area contributed by atoms with Crippen molar-refractivity contribution in [3.05, 3.63) is 65.6 Å². The average molecular weight is 281 g/mol. The molecule has 3 aromatic rings. The van der Waals surface area contributed by atoms with Crippen molar-refractivity contribution in [2.45, 2.75) is 13.8 Å². The maximum atomic E-state index is 11.5. The van der Waals surface area contributed by atoms with Gasteiger partial charge in [-0.2, -0.15) is 5.10 Å². The minimum atomic E-state index is -0.986. The highest BCUT2D eigenvalue weighted by Crippen LogP contribution is 2.23. The van der Waals surface area contributed by atoms with Crippen molar-refractivity contribution in [1.82, 2.24) is 14.3 Å². The molecule has 0 aliphatic heterocycles. The van der Waals surface area contributed by atoms with Gasteiger partial charge in [0, 0.05) is 11.4 Å². The summed E-state index contributed by atoms with van der Waals surface area (Å²) in [5, 5.41) is 13.7. The quantitative estimate of drug-likeness (QED) is 0.803. The molecule has 0 bridgehead atoms. The van der Waals surface area contributed by atoms with Crippen LogP contribution in [0.5, 0.6) is 0 Å². The molecule has 5 heteroatoms. The van der Waals surface area contributed by atoms with Crippen LogP contribution in [0.3, 0.4) is 0 Å². The number of hydrogen-bond donors (Lipinski definition) is 1. The molecule has 2 heterocycles. The molecule has 0 aliphatic carbocycles. The lowest BCUT2D eigenvalue weighted by molar-refractivity contribution is 0.0697. The molecule has 0 radical (unpaired) electrons. The smallest absolute Gasteiger partial charge is 0.341 e. The second kappa shape index (κ2) is 4.94. The summed E-state index contributed by atoms with van der Waals surface area (Å²) in [7, 11) is 0. The lowest BCUT2D eigenvalue weighted by atomic mass is 10.3. The second-order valence-corrected chi connectivity index (χ2v) is 4.89. The van der Waals surface area contributed by atoms with Crippen molar-refractivity contribution in [2.75, 3.05) is 0 Å². The molecule has 0 spiro atoms. The number of aromatic carboxylic acids is 1. The normalized spacial score (nSPS) is 10.8. The van der Waals surface area contributed by atoms with E-state index in [1.54, 1.807) is 4.68 Å². The van der Waals surface area contributed by atoms with Crippen LogP contribution in [0.25, 0.3) is 11.5 Å². The molecule has 0 amide bonds. The van der Waals surface area contributed by atoms with E-state index in [0.29, 0.717) is 5.82 Å². The highest BCUT2D eigenvalue weighted by Gasteiger charge is 2.21. The van der Waals surface area contributed by atoms with Crippen LogP contribution in [0.15, 0.2) is 48.7 Å². The summed E-state index contributed by atoms with van der Waals surface area (Å²) in [4.78, 5) is 11.5. The predicted molar refractivity (Wildman–Crippen MR) is 79.3 cm³/mol. The summed E-state index contributed by atoms with van der Waals surface area (Å²) < 4.78 is 3.56. The third kappa shape index (κ3) is 2.12. The van der Waals surface area contributed by atoms with Crippen LogP contribution in [-0.4, -0.2) is 25.4 Å². The van der Waals surface area contributed by atoms with Crippen LogP contribution in [0.4, 0.5) is 0 Å². The van der Waals surface area contributed by atoms with E-state index in [-0.39, 0.29) is 5.56 Å². The summed E-state index contributed by atoms with van der Waals surface area (Å²) >= 11 is 0. The van der Waals surface area contributed by atoms with Gasteiger partial charge < -0.3 is 9.67 Å². The van der Waals surface area contributed by atoms with Crippen molar-refractivity contribution in [3.63, 3.8) is 0 Å². The molecule has 0 aliphatic rings. The minimum Gasteiger partial charge on any atom is -0.477 e. The highest BCUT2D eigenvalue weighted by molar-refractivity contribution is 5.91. The lowest BCUT2D eigenvalue weighted by Gasteiger charge is -2.13. The standard InChI is InChI=1S/C16H15N3O2/c1-11-8-9-12(2)18(11)15-14(16(20)21)10-17-19(15)13-6-4-3-5-7-13/h3-10H,1-2H3,(H,20,21). The molecule has 1 aromatic carbocycles. The largest absolute Gasteiger partial charge is 0.477 e. The van der Waals surface area contributed by atoms with Crippen molar-refractivity contribution in [1.29, 1.82) is 0 Å². The van der Waals surface area contributed by atoms with Crippen LogP contribution in [-0.2, 0) is 0 Å². The summed E-state index contributed by atoms with van der Waals surface area (Å²) in [6, 6.07) is 13.4. The molecule has 21 heavy (non-hydrogen) atoms. The van der Waals surface area contributed by atoms with Gasteiger partial charge in [-0.15, -0.1) is 0 Å². The van der Waals surface area contributed by atoms with Gasteiger partial charge in [0.25, 0.3) is 0 Å². The second-order valence-electron chi connectivity index (χ2n) is 4.89. The number of aryl methyl sites for hydroxylation is 2. The van der Waals surface area contributed by atoms with E-state index in [1.165, 1.54) is 6.20 Å². The Kier molecular flexibility index (Phi) is 3.10. The van der Waals surface area contributed by atoms with E-state index in [0.717, 1.165) is 17.1 Å². The molecule has 0 atom stereocenters. The maximum Gasteiger partial charge on any atom is 0.341 e. The van der Waals surface area contributed by atoms with E-state index in [4.69, 9.17) is 0 Å². The van der Waals surface area contributed by atoms with Gasteiger partial charge in [-0.1, -0.05) is 18.2 Å². The molecule has 0 unspecified atom stereocenters. The van der Waals surface area contributed by atoms with Crippen LogP contribution < -0.4 is 0 Å². The monoisotopic (exact) mass is 281 g/mol. The lowest BCUT2D eigenvalue weighted by Crippen LogP contribution is -2.11. The van der Waals surface area contributed by atoms with Gasteiger partial charge in [0.2, 0.25) is 0 Å². The summed E-state index contributed by atoms with van der Waals surface area (Å²) in [6.07, 6.45) is 1.39. The van der Waals surface area contributed by atoms with Gasteiger partial charge in [0.05, 0.1) is 11.9 Å². The molecular formula is C16H15N3O2. The summed E-state index contributed by atoms with van der Waals surface area (Å²) in [6.45, 7) is 3.89. The number of carbonyl (C=O) groups is 1. The molecule has 2 aromatic heterocycles. The number of hydrogen-bond acceptors (Lipinski definition) is 2.